The van der Waals surface area contributed by atoms with E-state index in [1.807, 2.05) is 0 Å². The molecule has 1 amide bonds. The zero-order valence-electron chi connectivity index (χ0n) is 7.27. The first-order valence-electron chi connectivity index (χ1n) is 3.70. The molecule has 0 aliphatic heterocycles. The molecule has 0 aliphatic rings. The Kier molecular flexibility index (Phi) is 3.35. The van der Waals surface area contributed by atoms with Crippen LogP contribution in [0.15, 0.2) is 12.1 Å². The summed E-state index contributed by atoms with van der Waals surface area (Å²) in [6, 6.07) is 2.54. The molecule has 6 nitrogen and oxygen atoms in total. The van der Waals surface area contributed by atoms with Gasteiger partial charge in [0.05, 0.1) is 10.5 Å². The number of halogens is 1. The summed E-state index contributed by atoms with van der Waals surface area (Å²) in [5.74, 6) is -0.862. The molecule has 1 aromatic carbocycles. The van der Waals surface area contributed by atoms with Crippen molar-refractivity contribution < 1.29 is 14.5 Å². The molecule has 0 atom stereocenters. The van der Waals surface area contributed by atoms with Crippen molar-refractivity contribution in [3.63, 3.8) is 0 Å². The molecule has 1 rings (SSSR count). The molecule has 0 radical (unpaired) electrons. The summed E-state index contributed by atoms with van der Waals surface area (Å²) >= 11 is 1.80. The highest BCUT2D eigenvalue weighted by Gasteiger charge is 2.21. The number of nitro benzene ring substituents is 1. The van der Waals surface area contributed by atoms with Crippen molar-refractivity contribution in [3.8, 4) is 0 Å². The predicted molar refractivity (Wildman–Crippen MR) is 59.7 cm³/mol. The Labute approximate surface area is 97.7 Å². The van der Waals surface area contributed by atoms with Crippen LogP contribution in [0.4, 0.5) is 5.69 Å². The van der Waals surface area contributed by atoms with Crippen LogP contribution in [-0.2, 0) is 0 Å². The van der Waals surface area contributed by atoms with Gasteiger partial charge in [0.2, 0.25) is 5.91 Å². The number of rotatable bonds is 3. The van der Waals surface area contributed by atoms with Crippen LogP contribution in [0.2, 0.25) is 0 Å². The average Bonchev–Trinajstić information content (AvgIpc) is 2.16. The highest BCUT2D eigenvalue weighted by Crippen LogP contribution is 2.23. The summed E-state index contributed by atoms with van der Waals surface area (Å²) in [7, 11) is 0. The van der Waals surface area contributed by atoms with Crippen molar-refractivity contribution >= 4 is 40.5 Å². The Morgan fingerprint density at radius 1 is 1.53 bits per heavy atom. The average molecular weight is 320 g/mol. The van der Waals surface area contributed by atoms with Crippen LogP contribution in [-0.4, -0.2) is 17.1 Å². The van der Waals surface area contributed by atoms with Crippen LogP contribution in [0.25, 0.3) is 0 Å². The second-order valence-corrected chi connectivity index (χ2v) is 3.87. The molecule has 7 heteroatoms. The molecule has 0 saturated carbocycles. The summed E-state index contributed by atoms with van der Waals surface area (Å²) in [5.41, 5.74) is 4.17. The number of nitrogens with two attached hydrogens (primary N) is 1. The molecular weight excluding hydrogens is 315 g/mol. The minimum atomic E-state index is -0.862. The summed E-state index contributed by atoms with van der Waals surface area (Å²) in [4.78, 5) is 31.5. The highest BCUT2D eigenvalue weighted by atomic mass is 127. The second-order valence-electron chi connectivity index (χ2n) is 2.63. The van der Waals surface area contributed by atoms with Gasteiger partial charge in [-0.05, 0) is 28.7 Å². The normalized spacial score (nSPS) is 9.67. The van der Waals surface area contributed by atoms with Crippen LogP contribution in [0, 0.1) is 13.7 Å². The molecule has 0 spiro atoms. The van der Waals surface area contributed by atoms with Gasteiger partial charge in [-0.15, -0.1) is 0 Å². The zero-order chi connectivity index (χ0) is 11.6. The molecule has 0 aliphatic carbocycles. The third-order valence-corrected chi connectivity index (χ3v) is 2.33. The van der Waals surface area contributed by atoms with E-state index in [2.05, 4.69) is 0 Å². The lowest BCUT2D eigenvalue weighted by molar-refractivity contribution is -0.385. The van der Waals surface area contributed by atoms with Gasteiger partial charge in [0, 0.05) is 9.64 Å². The van der Waals surface area contributed by atoms with Gasteiger partial charge in [-0.3, -0.25) is 19.7 Å². The van der Waals surface area contributed by atoms with E-state index in [1.54, 1.807) is 22.6 Å². The molecule has 0 unspecified atom stereocenters. The van der Waals surface area contributed by atoms with E-state index < -0.39 is 16.5 Å². The third kappa shape index (κ3) is 2.29. The molecule has 0 saturated heterocycles. The smallest absolute Gasteiger partial charge is 0.281 e. The summed E-state index contributed by atoms with van der Waals surface area (Å²) in [6.45, 7) is 0. The number of primary amides is 1. The number of carbonyl (C=O) groups excluding carboxylic acids is 2. The van der Waals surface area contributed by atoms with Gasteiger partial charge in [-0.25, -0.2) is 0 Å². The Balaban J connectivity index is 3.59. The zero-order valence-corrected chi connectivity index (χ0v) is 9.43. The minimum Gasteiger partial charge on any atom is -0.366 e. The van der Waals surface area contributed by atoms with Crippen LogP contribution in [0.1, 0.15) is 20.7 Å². The largest absolute Gasteiger partial charge is 0.366 e. The number of carbonyl (C=O) groups is 2. The SMILES string of the molecule is NC(=O)c1cc(I)cc([N+](=O)[O-])c1C=O. The summed E-state index contributed by atoms with van der Waals surface area (Å²) in [6.07, 6.45) is 0.258. The number of nitro groups is 1. The van der Waals surface area contributed by atoms with Gasteiger partial charge in [-0.2, -0.15) is 0 Å². The van der Waals surface area contributed by atoms with Gasteiger partial charge < -0.3 is 5.73 Å². The Morgan fingerprint density at radius 3 is 2.53 bits per heavy atom. The van der Waals surface area contributed by atoms with Crippen molar-refractivity contribution in [2.75, 3.05) is 0 Å². The fourth-order valence-corrected chi connectivity index (χ4v) is 1.69. The lowest BCUT2D eigenvalue weighted by atomic mass is 10.1. The Bertz CT molecular complexity index is 423. The number of aldehydes is 1. The topological polar surface area (TPSA) is 103 Å². The molecule has 2 N–H and O–H groups in total. The van der Waals surface area contributed by atoms with Crippen LogP contribution < -0.4 is 5.73 Å². The lowest BCUT2D eigenvalue weighted by Gasteiger charge is -2.02. The number of nitrogens with zero attached hydrogens (tertiary/aromatic N) is 1. The van der Waals surface area contributed by atoms with Gasteiger partial charge in [-0.1, -0.05) is 0 Å². The fraction of sp³-hybridized carbons (Fsp3) is 0. The Morgan fingerprint density at radius 2 is 2.13 bits per heavy atom. The molecule has 0 fully saturated rings. The van der Waals surface area contributed by atoms with Gasteiger partial charge in [0.1, 0.15) is 5.56 Å². The first-order valence-corrected chi connectivity index (χ1v) is 4.78. The quantitative estimate of drug-likeness (QED) is 0.390. The third-order valence-electron chi connectivity index (χ3n) is 1.70. The van der Waals surface area contributed by atoms with Gasteiger partial charge >= 0.3 is 0 Å². The van der Waals surface area contributed by atoms with Crippen molar-refractivity contribution in [1.29, 1.82) is 0 Å². The van der Waals surface area contributed by atoms with E-state index in [4.69, 9.17) is 5.73 Å². The van der Waals surface area contributed by atoms with Crippen molar-refractivity contribution in [2.45, 2.75) is 0 Å². The molecule has 78 valence electrons. The van der Waals surface area contributed by atoms with E-state index in [0.717, 1.165) is 0 Å². The molecule has 1 aromatic rings. The number of hydrogen-bond donors (Lipinski definition) is 1. The molecule has 0 bridgehead atoms. The number of amides is 1. The maximum absolute atomic E-state index is 10.9. The number of hydrogen-bond acceptors (Lipinski definition) is 4. The maximum Gasteiger partial charge on any atom is 0.281 e. The molecular formula is C8H5IN2O4. The van der Waals surface area contributed by atoms with Crippen LogP contribution in [0.3, 0.4) is 0 Å². The number of benzene rings is 1. The minimum absolute atomic E-state index is 0.136. The van der Waals surface area contributed by atoms with Crippen LogP contribution >= 0.6 is 22.6 Å². The first kappa shape index (κ1) is 11.6. The maximum atomic E-state index is 10.9. The van der Waals surface area contributed by atoms with E-state index in [-0.39, 0.29) is 17.4 Å². The monoisotopic (exact) mass is 320 g/mol. The van der Waals surface area contributed by atoms with Crippen molar-refractivity contribution in [1.82, 2.24) is 0 Å². The molecule has 0 aromatic heterocycles. The standard InChI is InChI=1S/C8H5IN2O4/c9-4-1-5(8(10)13)6(3-12)7(2-4)11(14)15/h1-3H,(H2,10,13). The van der Waals surface area contributed by atoms with Gasteiger partial charge in [0.25, 0.3) is 5.69 Å². The fourth-order valence-electron chi connectivity index (χ4n) is 1.08. The summed E-state index contributed by atoms with van der Waals surface area (Å²) in [5, 5.41) is 10.6. The summed E-state index contributed by atoms with van der Waals surface area (Å²) < 4.78 is 0.471. The molecule has 15 heavy (non-hydrogen) atoms. The van der Waals surface area contributed by atoms with E-state index in [0.29, 0.717) is 3.57 Å². The van der Waals surface area contributed by atoms with Crippen molar-refractivity contribution in [2.24, 2.45) is 5.73 Å². The van der Waals surface area contributed by atoms with E-state index >= 15 is 0 Å². The highest BCUT2D eigenvalue weighted by molar-refractivity contribution is 14.1. The van der Waals surface area contributed by atoms with E-state index in [9.17, 15) is 19.7 Å². The van der Waals surface area contributed by atoms with Gasteiger partial charge in [0.15, 0.2) is 6.29 Å². The predicted octanol–water partition coefficient (Wildman–Crippen LogP) is 1.11. The van der Waals surface area contributed by atoms with E-state index in [1.165, 1.54) is 12.1 Å². The molecule has 0 heterocycles. The second kappa shape index (κ2) is 4.34. The van der Waals surface area contributed by atoms with Crippen LogP contribution in [0.5, 0.6) is 0 Å². The Hall–Kier alpha value is -1.51. The van der Waals surface area contributed by atoms with Crippen molar-refractivity contribution in [3.05, 3.63) is 36.9 Å². The first-order chi connectivity index (χ1) is 6.97. The lowest BCUT2D eigenvalue weighted by Crippen LogP contribution is -2.15.